The van der Waals surface area contributed by atoms with Crippen LogP contribution in [0.15, 0.2) is 24.4 Å². The maximum atomic E-state index is 4.76. The van der Waals surface area contributed by atoms with Gasteiger partial charge in [0.15, 0.2) is 11.5 Å². The normalized spacial score (nSPS) is 17.7. The Labute approximate surface area is 145 Å². The fourth-order valence-corrected chi connectivity index (χ4v) is 3.25. The first kappa shape index (κ1) is 14.6. The summed E-state index contributed by atoms with van der Waals surface area (Å²) in [4.78, 5) is 10.8. The van der Waals surface area contributed by atoms with Gasteiger partial charge in [0, 0.05) is 37.7 Å². The molecule has 3 aromatic rings. The highest BCUT2D eigenvalue weighted by molar-refractivity contribution is 5.48. The van der Waals surface area contributed by atoms with E-state index in [1.165, 1.54) is 12.8 Å². The van der Waals surface area contributed by atoms with E-state index in [0.717, 1.165) is 48.6 Å². The van der Waals surface area contributed by atoms with E-state index in [1.807, 2.05) is 29.6 Å². The first-order chi connectivity index (χ1) is 12.3. The average molecular weight is 336 g/mol. The second-order valence-electron chi connectivity index (χ2n) is 6.94. The van der Waals surface area contributed by atoms with Gasteiger partial charge in [0.2, 0.25) is 0 Å². The van der Waals surface area contributed by atoms with Crippen LogP contribution < -0.4 is 10.2 Å². The Hall–Kier alpha value is -2.77. The van der Waals surface area contributed by atoms with Gasteiger partial charge in [-0.05, 0) is 38.0 Å². The lowest BCUT2D eigenvalue weighted by Gasteiger charge is -2.40. The predicted octanol–water partition coefficient (Wildman–Crippen LogP) is 1.65. The van der Waals surface area contributed by atoms with Crippen LogP contribution in [0.3, 0.4) is 0 Å². The van der Waals surface area contributed by atoms with Crippen molar-refractivity contribution in [1.29, 1.82) is 0 Å². The summed E-state index contributed by atoms with van der Waals surface area (Å²) in [6, 6.07) is 5.96. The van der Waals surface area contributed by atoms with E-state index in [-0.39, 0.29) is 0 Å². The fraction of sp³-hybridized carbons (Fsp3) is 0.471. The summed E-state index contributed by atoms with van der Waals surface area (Å²) in [6.07, 6.45) is 4.19. The van der Waals surface area contributed by atoms with Crippen LogP contribution in [0.25, 0.3) is 5.65 Å². The highest BCUT2D eigenvalue weighted by Gasteiger charge is 2.31. The molecule has 8 nitrogen and oxygen atoms in total. The molecule has 0 unspecified atom stereocenters. The lowest BCUT2D eigenvalue weighted by molar-refractivity contribution is 0.424. The Kier molecular flexibility index (Phi) is 3.29. The molecule has 128 valence electrons. The van der Waals surface area contributed by atoms with Crippen LogP contribution in [0, 0.1) is 12.8 Å². The van der Waals surface area contributed by atoms with Crippen LogP contribution >= 0.6 is 0 Å². The number of nitrogens with zero attached hydrogens (tertiary/aromatic N) is 7. The number of nitrogens with one attached hydrogen (secondary N) is 1. The average Bonchev–Trinajstić information content (AvgIpc) is 3.33. The van der Waals surface area contributed by atoms with Gasteiger partial charge in [-0.1, -0.05) is 0 Å². The van der Waals surface area contributed by atoms with Crippen LogP contribution in [0.5, 0.6) is 0 Å². The van der Waals surface area contributed by atoms with Crippen molar-refractivity contribution in [1.82, 2.24) is 29.8 Å². The molecule has 1 aliphatic carbocycles. The summed E-state index contributed by atoms with van der Waals surface area (Å²) in [5, 5.41) is 16.7. The molecule has 1 saturated heterocycles. The van der Waals surface area contributed by atoms with E-state index >= 15 is 0 Å². The van der Waals surface area contributed by atoms with E-state index in [0.29, 0.717) is 11.8 Å². The molecule has 4 heterocycles. The second-order valence-corrected chi connectivity index (χ2v) is 6.94. The number of aromatic nitrogens is 6. The van der Waals surface area contributed by atoms with Crippen LogP contribution in [0.2, 0.25) is 0 Å². The van der Waals surface area contributed by atoms with Gasteiger partial charge in [0.1, 0.15) is 17.5 Å². The molecule has 1 saturated carbocycles. The van der Waals surface area contributed by atoms with Crippen molar-refractivity contribution < 1.29 is 0 Å². The summed E-state index contributed by atoms with van der Waals surface area (Å²) >= 11 is 0. The van der Waals surface area contributed by atoms with Gasteiger partial charge in [-0.3, -0.25) is 0 Å². The predicted molar refractivity (Wildman–Crippen MR) is 93.7 cm³/mol. The maximum Gasteiger partial charge on any atom is 0.178 e. The van der Waals surface area contributed by atoms with Gasteiger partial charge < -0.3 is 10.2 Å². The van der Waals surface area contributed by atoms with Gasteiger partial charge in [0.05, 0.1) is 0 Å². The third kappa shape index (κ3) is 2.77. The zero-order valence-electron chi connectivity index (χ0n) is 14.1. The first-order valence-electron chi connectivity index (χ1n) is 8.77. The monoisotopic (exact) mass is 336 g/mol. The van der Waals surface area contributed by atoms with Gasteiger partial charge >= 0.3 is 0 Å². The Morgan fingerprint density at radius 1 is 1.16 bits per heavy atom. The van der Waals surface area contributed by atoms with Crippen molar-refractivity contribution in [3.63, 3.8) is 0 Å². The summed E-state index contributed by atoms with van der Waals surface area (Å²) in [5.41, 5.74) is 0.837. The molecule has 5 rings (SSSR count). The zero-order valence-corrected chi connectivity index (χ0v) is 14.1. The van der Waals surface area contributed by atoms with Crippen LogP contribution in [0.1, 0.15) is 30.4 Å². The minimum absolute atomic E-state index is 0.544. The molecule has 0 spiro atoms. The van der Waals surface area contributed by atoms with E-state index in [2.05, 4.69) is 30.4 Å². The van der Waals surface area contributed by atoms with Crippen molar-refractivity contribution >= 4 is 17.3 Å². The number of anilines is 2. The molecule has 1 N–H and O–H groups in total. The molecular weight excluding hydrogens is 316 g/mol. The molecule has 0 aromatic carbocycles. The number of rotatable bonds is 5. The molecule has 1 aliphatic heterocycles. The Morgan fingerprint density at radius 2 is 2.04 bits per heavy atom. The molecule has 3 aromatic heterocycles. The molecule has 2 fully saturated rings. The van der Waals surface area contributed by atoms with Crippen molar-refractivity contribution in [3.05, 3.63) is 36.0 Å². The van der Waals surface area contributed by atoms with Crippen molar-refractivity contribution in [2.24, 2.45) is 5.92 Å². The van der Waals surface area contributed by atoms with Gasteiger partial charge in [-0.2, -0.15) is 4.52 Å². The minimum atomic E-state index is 0.544. The molecule has 25 heavy (non-hydrogen) atoms. The highest BCUT2D eigenvalue weighted by Crippen LogP contribution is 2.38. The molecular formula is C17H20N8. The number of aryl methyl sites for hydroxylation is 1. The van der Waals surface area contributed by atoms with Gasteiger partial charge in [0.25, 0.3) is 0 Å². The third-order valence-electron chi connectivity index (χ3n) is 4.84. The topological polar surface area (TPSA) is 84.1 Å². The minimum Gasteiger partial charge on any atom is -0.370 e. The quantitative estimate of drug-likeness (QED) is 0.758. The smallest absolute Gasteiger partial charge is 0.178 e. The lowest BCUT2D eigenvalue weighted by Crippen LogP contribution is -2.50. The molecule has 0 bridgehead atoms. The fourth-order valence-electron chi connectivity index (χ4n) is 3.25. The Balaban J connectivity index is 1.23. The van der Waals surface area contributed by atoms with E-state index in [9.17, 15) is 0 Å². The summed E-state index contributed by atoms with van der Waals surface area (Å²) in [6.45, 7) is 4.81. The second kappa shape index (κ2) is 5.65. The van der Waals surface area contributed by atoms with Crippen LogP contribution in [-0.4, -0.2) is 49.4 Å². The molecule has 8 heteroatoms. The first-order valence-corrected chi connectivity index (χ1v) is 8.77. The van der Waals surface area contributed by atoms with E-state index in [4.69, 9.17) is 5.10 Å². The summed E-state index contributed by atoms with van der Waals surface area (Å²) in [7, 11) is 0. The number of hydrogen-bond acceptors (Lipinski definition) is 7. The van der Waals surface area contributed by atoms with Crippen LogP contribution in [0.4, 0.5) is 11.6 Å². The summed E-state index contributed by atoms with van der Waals surface area (Å²) in [5.74, 6) is 4.83. The highest BCUT2D eigenvalue weighted by atomic mass is 15.4. The molecule has 0 atom stereocenters. The van der Waals surface area contributed by atoms with Gasteiger partial charge in [-0.15, -0.1) is 15.3 Å². The maximum absolute atomic E-state index is 4.76. The lowest BCUT2D eigenvalue weighted by atomic mass is 10.0. The van der Waals surface area contributed by atoms with E-state index < -0.39 is 0 Å². The molecule has 2 aliphatic rings. The SMILES string of the molecule is Cc1nccc(NCC2CN(c3ccc4nnc(C5CC5)n4n3)C2)n1. The number of hydrogen-bond donors (Lipinski definition) is 1. The van der Waals surface area contributed by atoms with E-state index in [1.54, 1.807) is 6.20 Å². The summed E-state index contributed by atoms with van der Waals surface area (Å²) < 4.78 is 1.92. The third-order valence-corrected chi connectivity index (χ3v) is 4.84. The van der Waals surface area contributed by atoms with Crippen molar-refractivity contribution in [2.75, 3.05) is 29.9 Å². The largest absolute Gasteiger partial charge is 0.370 e. The molecule has 0 amide bonds. The Bertz CT molecular complexity index is 910. The van der Waals surface area contributed by atoms with Crippen molar-refractivity contribution in [2.45, 2.75) is 25.7 Å². The zero-order chi connectivity index (χ0) is 16.8. The molecule has 0 radical (unpaired) electrons. The van der Waals surface area contributed by atoms with Gasteiger partial charge in [-0.25, -0.2) is 9.97 Å². The van der Waals surface area contributed by atoms with Crippen molar-refractivity contribution in [3.8, 4) is 0 Å². The standard InChI is InChI=1S/C17H20N8/c1-11-18-7-6-14(20-11)19-8-12-9-24(10-12)16-5-4-15-21-22-17(13-2-3-13)25(15)23-16/h4-7,12-13H,2-3,8-10H2,1H3,(H,18,19,20). The Morgan fingerprint density at radius 3 is 2.84 bits per heavy atom. The number of fused-ring (bicyclic) bond motifs is 1. The van der Waals surface area contributed by atoms with Crippen LogP contribution in [-0.2, 0) is 0 Å².